The Morgan fingerprint density at radius 1 is 0.881 bits per heavy atom. The molecule has 4 aliphatic rings. The van der Waals surface area contributed by atoms with Gasteiger partial charge in [0.1, 0.15) is 0 Å². The van der Waals surface area contributed by atoms with Gasteiger partial charge in [-0.25, -0.2) is 4.68 Å². The van der Waals surface area contributed by atoms with Crippen LogP contribution in [0.25, 0.3) is 16.9 Å². The first-order valence-corrected chi connectivity index (χ1v) is 16.3. The van der Waals surface area contributed by atoms with Gasteiger partial charge >= 0.3 is 0 Å². The third-order valence-corrected chi connectivity index (χ3v) is 10.3. The van der Waals surface area contributed by atoms with Gasteiger partial charge in [0.2, 0.25) is 0 Å². The molecule has 0 spiro atoms. The monoisotopic (exact) mass is 629 g/mol. The maximum Gasteiger partial charge on any atom is 0.272 e. The second-order valence-corrected chi connectivity index (χ2v) is 13.5. The van der Waals surface area contributed by atoms with E-state index >= 15 is 0 Å². The van der Waals surface area contributed by atoms with Crippen molar-refractivity contribution in [1.29, 1.82) is 0 Å². The van der Waals surface area contributed by atoms with Crippen LogP contribution in [0.4, 0.5) is 0 Å². The van der Waals surface area contributed by atoms with Gasteiger partial charge in [0, 0.05) is 34.3 Å². The molecule has 1 heterocycles. The maximum atomic E-state index is 13.2. The van der Waals surface area contributed by atoms with Crippen LogP contribution in [0.5, 0.6) is 0 Å². The number of carbonyl (C=O) groups is 1. The molecular formula is C33H38Cl3N3O3. The highest BCUT2D eigenvalue weighted by Crippen LogP contribution is 2.57. The number of ether oxygens (including phenoxy) is 2. The second-order valence-electron chi connectivity index (χ2n) is 12.2. The standard InChI is InChI=1S/C33H38Cl3N3O3/c1-20-31(38-39(30-7-6-27(35)19-29(30)36)32(20)23-2-4-26(34)5-3-23)33(40)37-9-11-42-13-12-41-10-8-28-24-15-21-14-22(17-24)18-25(28)16-21/h2-7,19,21-22,24-25,28H,8-18H2,1H3,(H,37,40). The number of nitrogens with one attached hydrogen (secondary N) is 1. The van der Waals surface area contributed by atoms with Gasteiger partial charge in [-0.15, -0.1) is 0 Å². The highest BCUT2D eigenvalue weighted by Gasteiger charge is 2.47. The van der Waals surface area contributed by atoms with E-state index in [-0.39, 0.29) is 5.91 Å². The second kappa shape index (κ2) is 13.3. The Balaban J connectivity index is 0.982. The van der Waals surface area contributed by atoms with E-state index in [1.807, 2.05) is 19.1 Å². The lowest BCUT2D eigenvalue weighted by Crippen LogP contribution is -2.45. The molecule has 0 atom stereocenters. The van der Waals surface area contributed by atoms with E-state index in [0.717, 1.165) is 53.0 Å². The van der Waals surface area contributed by atoms with Gasteiger partial charge in [0.15, 0.2) is 5.69 Å². The lowest BCUT2D eigenvalue weighted by molar-refractivity contribution is -0.0516. The molecule has 42 heavy (non-hydrogen) atoms. The summed E-state index contributed by atoms with van der Waals surface area (Å²) < 4.78 is 13.3. The summed E-state index contributed by atoms with van der Waals surface area (Å²) in [6, 6.07) is 12.6. The summed E-state index contributed by atoms with van der Waals surface area (Å²) >= 11 is 18.8. The molecule has 224 valence electrons. The predicted octanol–water partition coefficient (Wildman–Crippen LogP) is 8.03. The number of nitrogens with zero attached hydrogens (tertiary/aromatic N) is 2. The topological polar surface area (TPSA) is 65.4 Å². The number of benzene rings is 2. The highest BCUT2D eigenvalue weighted by atomic mass is 35.5. The molecule has 1 amide bonds. The molecule has 2 aromatic carbocycles. The van der Waals surface area contributed by atoms with Gasteiger partial charge in [0.25, 0.3) is 5.91 Å². The molecule has 1 N–H and O–H groups in total. The Hall–Kier alpha value is -2.09. The van der Waals surface area contributed by atoms with Crippen LogP contribution in [0, 0.1) is 36.5 Å². The zero-order valence-corrected chi connectivity index (χ0v) is 26.2. The fourth-order valence-corrected chi connectivity index (χ4v) is 8.47. The van der Waals surface area contributed by atoms with E-state index in [4.69, 9.17) is 44.3 Å². The minimum absolute atomic E-state index is 0.276. The molecule has 7 rings (SSSR count). The molecule has 4 fully saturated rings. The molecule has 0 unspecified atom stereocenters. The first-order chi connectivity index (χ1) is 20.4. The fraction of sp³-hybridized carbons (Fsp3) is 0.515. The van der Waals surface area contributed by atoms with E-state index in [1.54, 1.807) is 35.0 Å². The van der Waals surface area contributed by atoms with Crippen molar-refractivity contribution in [3.05, 3.63) is 68.8 Å². The van der Waals surface area contributed by atoms with Gasteiger partial charge < -0.3 is 14.8 Å². The van der Waals surface area contributed by atoms with Crippen molar-refractivity contribution in [2.45, 2.75) is 45.4 Å². The average Bonchev–Trinajstić information content (AvgIpc) is 3.30. The summed E-state index contributed by atoms with van der Waals surface area (Å²) in [5.74, 6) is 4.53. The Morgan fingerprint density at radius 3 is 2.19 bits per heavy atom. The van der Waals surface area contributed by atoms with Crippen LogP contribution in [0.3, 0.4) is 0 Å². The van der Waals surface area contributed by atoms with Crippen LogP contribution < -0.4 is 5.32 Å². The number of aromatic nitrogens is 2. The van der Waals surface area contributed by atoms with E-state index in [1.165, 1.54) is 38.5 Å². The third-order valence-electron chi connectivity index (χ3n) is 9.51. The molecule has 0 saturated heterocycles. The molecule has 1 aromatic heterocycles. The zero-order chi connectivity index (χ0) is 29.2. The van der Waals surface area contributed by atoms with Gasteiger partial charge in [-0.1, -0.05) is 46.9 Å². The van der Waals surface area contributed by atoms with Crippen molar-refractivity contribution in [3.63, 3.8) is 0 Å². The molecule has 0 radical (unpaired) electrons. The maximum absolute atomic E-state index is 13.2. The first-order valence-electron chi connectivity index (χ1n) is 15.1. The zero-order valence-electron chi connectivity index (χ0n) is 24.0. The Kier molecular flexibility index (Phi) is 9.47. The molecule has 4 aliphatic carbocycles. The summed E-state index contributed by atoms with van der Waals surface area (Å²) in [4.78, 5) is 13.2. The van der Waals surface area contributed by atoms with Crippen LogP contribution in [0.15, 0.2) is 42.5 Å². The molecular weight excluding hydrogens is 593 g/mol. The van der Waals surface area contributed by atoms with Gasteiger partial charge in [-0.05, 0) is 105 Å². The van der Waals surface area contributed by atoms with E-state index in [9.17, 15) is 4.79 Å². The van der Waals surface area contributed by atoms with Crippen molar-refractivity contribution < 1.29 is 14.3 Å². The molecule has 4 bridgehead atoms. The molecule has 6 nitrogen and oxygen atoms in total. The smallest absolute Gasteiger partial charge is 0.272 e. The van der Waals surface area contributed by atoms with E-state index in [2.05, 4.69) is 10.4 Å². The molecule has 3 aromatic rings. The largest absolute Gasteiger partial charge is 0.379 e. The lowest BCUT2D eigenvalue weighted by Gasteiger charge is -2.54. The third kappa shape index (κ3) is 6.53. The fourth-order valence-electron chi connectivity index (χ4n) is 7.86. The summed E-state index contributed by atoms with van der Waals surface area (Å²) in [6.45, 7) is 4.57. The Labute approximate surface area is 263 Å². The van der Waals surface area contributed by atoms with E-state index in [0.29, 0.717) is 52.8 Å². The molecule has 4 saturated carbocycles. The number of amides is 1. The Bertz CT molecular complexity index is 1380. The van der Waals surface area contributed by atoms with Crippen molar-refractivity contribution in [3.8, 4) is 16.9 Å². The average molecular weight is 631 g/mol. The minimum atomic E-state index is -0.276. The van der Waals surface area contributed by atoms with E-state index < -0.39 is 0 Å². The number of carbonyl (C=O) groups excluding carboxylic acids is 1. The SMILES string of the molecule is Cc1c(C(=O)NCCOCCOCCC2C3CC4CC(C3)CC2C4)nn(-c2ccc(Cl)cc2Cl)c1-c1ccc(Cl)cc1. The van der Waals surface area contributed by atoms with Crippen LogP contribution in [0.2, 0.25) is 15.1 Å². The molecule has 9 heteroatoms. The summed E-state index contributed by atoms with van der Waals surface area (Å²) in [5, 5.41) is 9.18. The normalized spacial score (nSPS) is 24.3. The number of hydrogen-bond acceptors (Lipinski definition) is 4. The number of rotatable bonds is 12. The van der Waals surface area contributed by atoms with Gasteiger partial charge in [-0.2, -0.15) is 5.10 Å². The van der Waals surface area contributed by atoms with Gasteiger partial charge in [0.05, 0.1) is 36.2 Å². The summed E-state index contributed by atoms with van der Waals surface area (Å²) in [7, 11) is 0. The number of halogens is 3. The highest BCUT2D eigenvalue weighted by molar-refractivity contribution is 6.35. The van der Waals surface area contributed by atoms with Crippen LogP contribution in [0.1, 0.15) is 54.6 Å². The minimum Gasteiger partial charge on any atom is -0.379 e. The van der Waals surface area contributed by atoms with Crippen molar-refractivity contribution in [2.75, 3.05) is 33.0 Å². The van der Waals surface area contributed by atoms with Crippen molar-refractivity contribution >= 4 is 40.7 Å². The van der Waals surface area contributed by atoms with Gasteiger partial charge in [-0.3, -0.25) is 4.79 Å². The van der Waals surface area contributed by atoms with Crippen molar-refractivity contribution in [2.24, 2.45) is 29.6 Å². The Morgan fingerprint density at radius 2 is 1.52 bits per heavy atom. The van der Waals surface area contributed by atoms with Crippen LogP contribution in [-0.2, 0) is 9.47 Å². The molecule has 0 aliphatic heterocycles. The summed E-state index contributed by atoms with van der Waals surface area (Å²) in [5.41, 5.74) is 3.29. The quantitative estimate of drug-likeness (QED) is 0.206. The number of hydrogen-bond donors (Lipinski definition) is 1. The van der Waals surface area contributed by atoms with Crippen LogP contribution in [-0.4, -0.2) is 48.7 Å². The lowest BCUT2D eigenvalue weighted by atomic mass is 9.51. The first kappa shape index (κ1) is 30.0. The van der Waals surface area contributed by atoms with Crippen molar-refractivity contribution in [1.82, 2.24) is 15.1 Å². The summed E-state index contributed by atoms with van der Waals surface area (Å²) in [6.07, 6.45) is 8.54. The predicted molar refractivity (Wildman–Crippen MR) is 168 cm³/mol. The van der Waals surface area contributed by atoms with Crippen LogP contribution >= 0.6 is 34.8 Å².